The van der Waals surface area contributed by atoms with E-state index >= 15 is 0 Å². The lowest BCUT2D eigenvalue weighted by atomic mass is 10.0. The molecule has 3 rings (SSSR count). The van der Waals surface area contributed by atoms with Crippen LogP contribution in [0.15, 0.2) is 78.9 Å². The van der Waals surface area contributed by atoms with Crippen LogP contribution in [0.4, 0.5) is 5.69 Å². The number of benzene rings is 3. The molecule has 2 atom stereocenters. The highest BCUT2D eigenvalue weighted by Crippen LogP contribution is 2.30. The molecule has 0 aliphatic heterocycles. The maximum atomic E-state index is 13.6. The van der Waals surface area contributed by atoms with Gasteiger partial charge < -0.3 is 19.7 Å². The summed E-state index contributed by atoms with van der Waals surface area (Å²) in [4.78, 5) is 39.3. The molecule has 0 radical (unpaired) electrons. The summed E-state index contributed by atoms with van der Waals surface area (Å²) < 4.78 is 10.8. The van der Waals surface area contributed by atoms with Crippen LogP contribution in [-0.4, -0.2) is 47.4 Å². The molecule has 9 nitrogen and oxygen atoms in total. The van der Waals surface area contributed by atoms with Gasteiger partial charge in [-0.3, -0.25) is 19.7 Å². The van der Waals surface area contributed by atoms with E-state index < -0.39 is 16.9 Å². The van der Waals surface area contributed by atoms with Crippen molar-refractivity contribution in [2.75, 3.05) is 13.7 Å². The Kier molecular flexibility index (Phi) is 10.2. The van der Waals surface area contributed by atoms with Gasteiger partial charge in [-0.1, -0.05) is 67.6 Å². The van der Waals surface area contributed by atoms with Gasteiger partial charge in [0.15, 0.2) is 6.61 Å². The van der Waals surface area contributed by atoms with Crippen molar-refractivity contribution in [2.24, 2.45) is 0 Å². The number of nitrogens with zero attached hydrogens (tertiary/aromatic N) is 2. The zero-order valence-corrected chi connectivity index (χ0v) is 21.8. The first-order chi connectivity index (χ1) is 18.3. The molecule has 3 aromatic rings. The van der Waals surface area contributed by atoms with E-state index in [4.69, 9.17) is 9.47 Å². The van der Waals surface area contributed by atoms with Crippen LogP contribution in [0.25, 0.3) is 0 Å². The van der Waals surface area contributed by atoms with Gasteiger partial charge in [0.1, 0.15) is 11.8 Å². The van der Waals surface area contributed by atoms with Crippen molar-refractivity contribution >= 4 is 17.5 Å². The summed E-state index contributed by atoms with van der Waals surface area (Å²) in [6.45, 7) is 3.75. The van der Waals surface area contributed by atoms with E-state index in [1.807, 2.05) is 74.5 Å². The van der Waals surface area contributed by atoms with Crippen molar-refractivity contribution < 1.29 is 24.0 Å². The largest absolute Gasteiger partial charge is 0.490 e. The number of hydrogen-bond donors (Lipinski definition) is 1. The number of ether oxygens (including phenoxy) is 2. The Balaban J connectivity index is 1.90. The molecule has 1 N–H and O–H groups in total. The maximum Gasteiger partial charge on any atom is 0.311 e. The number of methoxy groups -OCH3 is 1. The Bertz CT molecular complexity index is 1220. The van der Waals surface area contributed by atoms with E-state index in [2.05, 4.69) is 5.32 Å². The highest BCUT2D eigenvalue weighted by Gasteiger charge is 2.31. The van der Waals surface area contributed by atoms with Crippen LogP contribution in [0.5, 0.6) is 11.5 Å². The van der Waals surface area contributed by atoms with Crippen LogP contribution in [0.3, 0.4) is 0 Å². The molecule has 200 valence electrons. The summed E-state index contributed by atoms with van der Waals surface area (Å²) in [7, 11) is 1.32. The molecule has 0 saturated heterocycles. The average molecular weight is 520 g/mol. The third-order valence-electron chi connectivity index (χ3n) is 6.18. The Labute approximate surface area is 222 Å². The number of nitrogens with one attached hydrogen (secondary N) is 1. The molecule has 0 heterocycles. The highest BCUT2D eigenvalue weighted by atomic mass is 16.6. The zero-order chi connectivity index (χ0) is 27.5. The van der Waals surface area contributed by atoms with Crippen molar-refractivity contribution in [2.45, 2.75) is 45.3 Å². The molecule has 9 heteroatoms. The maximum absolute atomic E-state index is 13.6. The Morgan fingerprint density at radius 3 is 2.21 bits per heavy atom. The number of hydrogen-bond acceptors (Lipinski definition) is 6. The normalized spacial score (nSPS) is 12.2. The average Bonchev–Trinajstić information content (AvgIpc) is 2.94. The van der Waals surface area contributed by atoms with E-state index in [1.54, 1.807) is 0 Å². The number of carbonyl (C=O) groups excluding carboxylic acids is 2. The van der Waals surface area contributed by atoms with E-state index in [9.17, 15) is 19.7 Å². The monoisotopic (exact) mass is 519 g/mol. The summed E-state index contributed by atoms with van der Waals surface area (Å²) in [5.74, 6) is -0.379. The molecule has 0 spiro atoms. The molecule has 2 amide bonds. The molecule has 0 saturated carbocycles. The summed E-state index contributed by atoms with van der Waals surface area (Å²) in [6, 6.07) is 22.2. The zero-order valence-electron chi connectivity index (χ0n) is 21.8. The summed E-state index contributed by atoms with van der Waals surface area (Å²) in [5, 5.41) is 14.2. The number of rotatable bonds is 13. The second-order valence-electron chi connectivity index (χ2n) is 8.91. The van der Waals surface area contributed by atoms with Gasteiger partial charge in [0, 0.05) is 31.1 Å². The molecule has 0 unspecified atom stereocenters. The van der Waals surface area contributed by atoms with Gasteiger partial charge in [-0.25, -0.2) is 0 Å². The van der Waals surface area contributed by atoms with Gasteiger partial charge in [-0.15, -0.1) is 0 Å². The molecule has 0 aromatic heterocycles. The molecule has 0 aliphatic rings. The predicted octanol–water partition coefficient (Wildman–Crippen LogP) is 4.54. The minimum atomic E-state index is -0.783. The fourth-order valence-electron chi connectivity index (χ4n) is 3.90. The van der Waals surface area contributed by atoms with E-state index in [1.165, 1.54) is 30.2 Å². The minimum Gasteiger partial charge on any atom is -0.490 e. The Hall–Kier alpha value is -4.40. The second kappa shape index (κ2) is 13.8. The number of nitro groups is 1. The second-order valence-corrected chi connectivity index (χ2v) is 8.91. The Morgan fingerprint density at radius 1 is 1.00 bits per heavy atom. The molecule has 38 heavy (non-hydrogen) atoms. The smallest absolute Gasteiger partial charge is 0.311 e. The quantitative estimate of drug-likeness (QED) is 0.262. The van der Waals surface area contributed by atoms with Gasteiger partial charge in [0.2, 0.25) is 11.7 Å². The van der Waals surface area contributed by atoms with Crippen LogP contribution in [0, 0.1) is 10.1 Å². The molecule has 0 bridgehead atoms. The van der Waals surface area contributed by atoms with Crippen LogP contribution in [0.2, 0.25) is 0 Å². The molecule has 0 aliphatic carbocycles. The van der Waals surface area contributed by atoms with Crippen LogP contribution >= 0.6 is 0 Å². The molecule has 0 fully saturated rings. The van der Waals surface area contributed by atoms with Crippen molar-refractivity contribution in [1.82, 2.24) is 10.2 Å². The van der Waals surface area contributed by atoms with Gasteiger partial charge >= 0.3 is 5.69 Å². The van der Waals surface area contributed by atoms with Crippen LogP contribution in [-0.2, 0) is 22.6 Å². The lowest BCUT2D eigenvalue weighted by Crippen LogP contribution is -2.53. The van der Waals surface area contributed by atoms with E-state index in [0.717, 1.165) is 17.5 Å². The molecular formula is C29H33N3O6. The van der Waals surface area contributed by atoms with Gasteiger partial charge in [-0.2, -0.15) is 0 Å². The molecular weight excluding hydrogens is 486 g/mol. The van der Waals surface area contributed by atoms with Crippen LogP contribution in [0.1, 0.15) is 31.4 Å². The first-order valence-electron chi connectivity index (χ1n) is 12.4. The fraction of sp³-hybridized carbons (Fsp3) is 0.310. The number of amides is 2. The first-order valence-corrected chi connectivity index (χ1v) is 12.4. The van der Waals surface area contributed by atoms with Gasteiger partial charge in [0.25, 0.3) is 5.91 Å². The lowest BCUT2D eigenvalue weighted by molar-refractivity contribution is -0.385. The molecule has 3 aromatic carbocycles. The predicted molar refractivity (Wildman–Crippen MR) is 144 cm³/mol. The standard InChI is InChI=1S/C29H33N3O6/c1-4-21(2)30-29(34)26(17-22-11-7-5-8-12-22)31(19-23-13-9-6-10-14-23)28(33)20-38-24-15-16-25(32(35)36)27(18-24)37-3/h5-16,18,21,26H,4,17,19-20H2,1-3H3,(H,30,34)/t21-,26-/m0/s1. The van der Waals surface area contributed by atoms with E-state index in [0.29, 0.717) is 6.42 Å². The van der Waals surface area contributed by atoms with Crippen molar-refractivity contribution in [1.29, 1.82) is 0 Å². The highest BCUT2D eigenvalue weighted by molar-refractivity contribution is 5.88. The van der Waals surface area contributed by atoms with Crippen molar-refractivity contribution in [3.05, 3.63) is 100 Å². The van der Waals surface area contributed by atoms with Crippen molar-refractivity contribution in [3.8, 4) is 11.5 Å². The minimum absolute atomic E-state index is 0.0241. The van der Waals surface area contributed by atoms with E-state index in [-0.39, 0.29) is 42.3 Å². The van der Waals surface area contributed by atoms with Crippen LogP contribution < -0.4 is 14.8 Å². The Morgan fingerprint density at radius 2 is 1.63 bits per heavy atom. The third-order valence-corrected chi connectivity index (χ3v) is 6.18. The van der Waals surface area contributed by atoms with Crippen molar-refractivity contribution in [3.63, 3.8) is 0 Å². The summed E-state index contributed by atoms with van der Waals surface area (Å²) in [6.07, 6.45) is 1.08. The fourth-order valence-corrected chi connectivity index (χ4v) is 3.90. The third kappa shape index (κ3) is 7.80. The van der Waals surface area contributed by atoms with Gasteiger partial charge in [-0.05, 0) is 30.5 Å². The SMILES string of the molecule is CC[C@H](C)NC(=O)[C@H](Cc1ccccc1)N(Cc1ccccc1)C(=O)COc1ccc([N+](=O)[O-])c(OC)c1. The van der Waals surface area contributed by atoms with Gasteiger partial charge in [0.05, 0.1) is 12.0 Å². The first kappa shape index (κ1) is 28.2. The number of carbonyl (C=O) groups is 2. The lowest BCUT2D eigenvalue weighted by Gasteiger charge is -2.32. The summed E-state index contributed by atoms with van der Waals surface area (Å²) in [5.41, 5.74) is 1.58. The topological polar surface area (TPSA) is 111 Å². The summed E-state index contributed by atoms with van der Waals surface area (Å²) >= 11 is 0. The number of nitro benzene ring substituents is 1.